The minimum atomic E-state index is -0.670. The van der Waals surface area contributed by atoms with Crippen molar-refractivity contribution in [2.75, 3.05) is 0 Å². The summed E-state index contributed by atoms with van der Waals surface area (Å²) in [6.07, 6.45) is 5.39. The molecule has 3 heterocycles. The van der Waals surface area contributed by atoms with Crippen molar-refractivity contribution in [2.24, 2.45) is 0 Å². The van der Waals surface area contributed by atoms with Crippen LogP contribution in [0.4, 0.5) is 0 Å². The number of fused-ring (bicyclic) bond motifs is 3. The van der Waals surface area contributed by atoms with Crippen molar-refractivity contribution in [2.45, 2.75) is 57.8 Å². The van der Waals surface area contributed by atoms with Gasteiger partial charge in [-0.25, -0.2) is 0 Å². The molecule has 0 bridgehead atoms. The largest absolute Gasteiger partial charge is 0.457 e. The molecular formula is C45H41N5O. The third-order valence-electron chi connectivity index (χ3n) is 9.89. The highest BCUT2D eigenvalue weighted by Crippen LogP contribution is 2.57. The van der Waals surface area contributed by atoms with Gasteiger partial charge in [-0.15, -0.1) is 5.10 Å². The summed E-state index contributed by atoms with van der Waals surface area (Å²) in [7, 11) is 0. The zero-order chi connectivity index (χ0) is 35.4. The molecular weight excluding hydrogens is 627 g/mol. The Bertz CT molecular complexity index is 2300. The Balaban J connectivity index is 1.27. The average molecular weight is 668 g/mol. The van der Waals surface area contributed by atoms with Gasteiger partial charge in [0.25, 0.3) is 0 Å². The second-order valence-electron chi connectivity index (χ2n) is 15.3. The van der Waals surface area contributed by atoms with E-state index in [1.807, 2.05) is 60.8 Å². The number of hydrogen-bond donors (Lipinski definition) is 0. The van der Waals surface area contributed by atoms with Crippen LogP contribution in [0.2, 0.25) is 0 Å². The molecule has 0 saturated heterocycles. The highest BCUT2D eigenvalue weighted by molar-refractivity contribution is 5.86. The quantitative estimate of drug-likeness (QED) is 0.177. The first kappa shape index (κ1) is 32.3. The Kier molecular flexibility index (Phi) is 7.71. The Morgan fingerprint density at radius 1 is 0.569 bits per heavy atom. The topological polar surface area (TPSA) is 65.7 Å². The van der Waals surface area contributed by atoms with Crippen LogP contribution >= 0.6 is 0 Å². The maximum atomic E-state index is 6.64. The van der Waals surface area contributed by atoms with E-state index in [9.17, 15) is 0 Å². The molecule has 1 aliphatic carbocycles. The van der Waals surface area contributed by atoms with Gasteiger partial charge in [0.2, 0.25) is 0 Å². The first-order valence-electron chi connectivity index (χ1n) is 17.5. The van der Waals surface area contributed by atoms with Gasteiger partial charge in [-0.2, -0.15) is 9.90 Å². The summed E-state index contributed by atoms with van der Waals surface area (Å²) < 4.78 is 6.64. The van der Waals surface area contributed by atoms with Gasteiger partial charge in [0.15, 0.2) is 0 Å². The molecule has 0 spiro atoms. The maximum absolute atomic E-state index is 6.64. The lowest BCUT2D eigenvalue weighted by atomic mass is 9.68. The first-order valence-corrected chi connectivity index (χ1v) is 17.5. The van der Waals surface area contributed by atoms with Gasteiger partial charge in [0.1, 0.15) is 17.2 Å². The summed E-state index contributed by atoms with van der Waals surface area (Å²) in [5.74, 6) is 1.42. The van der Waals surface area contributed by atoms with Crippen molar-refractivity contribution in [3.05, 3.63) is 173 Å². The summed E-state index contributed by atoms with van der Waals surface area (Å²) in [4.78, 5) is 11.1. The molecule has 0 amide bonds. The van der Waals surface area contributed by atoms with E-state index in [4.69, 9.17) is 9.72 Å². The lowest BCUT2D eigenvalue weighted by molar-refractivity contribution is 0.480. The van der Waals surface area contributed by atoms with Crippen molar-refractivity contribution in [3.63, 3.8) is 0 Å². The first-order chi connectivity index (χ1) is 24.5. The zero-order valence-electron chi connectivity index (χ0n) is 29.9. The van der Waals surface area contributed by atoms with Crippen LogP contribution in [0.15, 0.2) is 140 Å². The highest BCUT2D eigenvalue weighted by Gasteiger charge is 2.48. The van der Waals surface area contributed by atoms with Gasteiger partial charge in [0, 0.05) is 18.5 Å². The molecule has 4 aromatic carbocycles. The predicted octanol–water partition coefficient (Wildman–Crippen LogP) is 10.5. The van der Waals surface area contributed by atoms with Crippen molar-refractivity contribution < 1.29 is 4.74 Å². The van der Waals surface area contributed by atoms with Gasteiger partial charge in [-0.3, -0.25) is 9.97 Å². The Hall–Kier alpha value is -5.88. The minimum Gasteiger partial charge on any atom is -0.457 e. The van der Waals surface area contributed by atoms with Crippen LogP contribution in [0.1, 0.15) is 75.1 Å². The third kappa shape index (κ3) is 5.71. The summed E-state index contributed by atoms with van der Waals surface area (Å²) in [6.45, 7) is 13.7. The smallest absolute Gasteiger partial charge is 0.131 e. The van der Waals surface area contributed by atoms with E-state index in [0.717, 1.165) is 28.4 Å². The number of nitrogens with zero attached hydrogens (tertiary/aromatic N) is 5. The van der Waals surface area contributed by atoms with Crippen LogP contribution in [-0.4, -0.2) is 25.0 Å². The average Bonchev–Trinajstić information content (AvgIpc) is 3.74. The summed E-state index contributed by atoms with van der Waals surface area (Å²) >= 11 is 0. The molecule has 7 aromatic rings. The number of pyridine rings is 2. The van der Waals surface area contributed by atoms with Crippen LogP contribution < -0.4 is 4.74 Å². The van der Waals surface area contributed by atoms with Crippen LogP contribution in [0.3, 0.4) is 0 Å². The zero-order valence-corrected chi connectivity index (χ0v) is 29.9. The molecule has 3 aromatic heterocycles. The second kappa shape index (κ2) is 12.2. The molecule has 0 saturated carbocycles. The molecule has 1 aliphatic rings. The lowest BCUT2D eigenvalue weighted by Crippen LogP contribution is -2.30. The fourth-order valence-electron chi connectivity index (χ4n) is 7.20. The molecule has 6 heteroatoms. The third-order valence-corrected chi connectivity index (χ3v) is 9.89. The SMILES string of the molecule is CC(C)(C)c1ccc2c(c1)C(c1cccc(Oc3cccc(-n4ncc(-c5ccccn5)n4)c3)c1)(c1ccccn1)c1cc(C(C)(C)C)ccc1-2. The molecule has 0 atom stereocenters. The molecule has 252 valence electrons. The molecule has 51 heavy (non-hydrogen) atoms. The highest BCUT2D eigenvalue weighted by atomic mass is 16.5. The van der Waals surface area contributed by atoms with Gasteiger partial charge in [0.05, 0.1) is 28.7 Å². The molecule has 0 aliphatic heterocycles. The van der Waals surface area contributed by atoms with Gasteiger partial charge >= 0.3 is 0 Å². The monoisotopic (exact) mass is 667 g/mol. The molecule has 8 rings (SSSR count). The summed E-state index contributed by atoms with van der Waals surface area (Å²) in [6, 6.07) is 42.4. The van der Waals surface area contributed by atoms with Crippen LogP contribution in [0.25, 0.3) is 28.2 Å². The Morgan fingerprint density at radius 3 is 1.80 bits per heavy atom. The van der Waals surface area contributed by atoms with Crippen LogP contribution in [-0.2, 0) is 16.2 Å². The number of aromatic nitrogens is 5. The van der Waals surface area contributed by atoms with Gasteiger partial charge in [-0.05, 0) is 98.3 Å². The number of ether oxygens (including phenoxy) is 1. The van der Waals surface area contributed by atoms with Crippen molar-refractivity contribution in [3.8, 4) is 39.7 Å². The van der Waals surface area contributed by atoms with E-state index < -0.39 is 5.41 Å². The van der Waals surface area contributed by atoms with Gasteiger partial charge in [-0.1, -0.05) is 108 Å². The van der Waals surface area contributed by atoms with E-state index >= 15 is 0 Å². The normalized spacial score (nSPS) is 13.5. The van der Waals surface area contributed by atoms with E-state index in [1.54, 1.807) is 17.2 Å². The van der Waals surface area contributed by atoms with E-state index in [1.165, 1.54) is 33.4 Å². The van der Waals surface area contributed by atoms with Crippen molar-refractivity contribution >= 4 is 0 Å². The lowest BCUT2D eigenvalue weighted by Gasteiger charge is -2.34. The van der Waals surface area contributed by atoms with Crippen LogP contribution in [0.5, 0.6) is 11.5 Å². The standard InChI is InChI=1S/C45H41N5O/c1-43(2,3)30-19-21-36-37-22-20-31(44(4,5)6)27-39(37)45(38(36)26-30,42-18-8-10-24-47-42)32-13-11-15-34(25-32)51-35-16-12-14-33(28-35)50-48-29-41(49-50)40-17-7-9-23-46-40/h7-29H,1-6H3. The fourth-order valence-corrected chi connectivity index (χ4v) is 7.20. The maximum Gasteiger partial charge on any atom is 0.131 e. The predicted molar refractivity (Wildman–Crippen MR) is 204 cm³/mol. The van der Waals surface area contributed by atoms with Crippen LogP contribution in [0, 0.1) is 0 Å². The van der Waals surface area contributed by atoms with E-state index in [-0.39, 0.29) is 10.8 Å². The number of benzene rings is 4. The van der Waals surface area contributed by atoms with E-state index in [0.29, 0.717) is 11.4 Å². The van der Waals surface area contributed by atoms with Gasteiger partial charge < -0.3 is 4.74 Å². The van der Waals surface area contributed by atoms with E-state index in [2.05, 4.69) is 123 Å². The van der Waals surface area contributed by atoms with Crippen molar-refractivity contribution in [1.29, 1.82) is 0 Å². The summed E-state index contributed by atoms with van der Waals surface area (Å²) in [5, 5.41) is 9.19. The van der Waals surface area contributed by atoms with Crippen molar-refractivity contribution in [1.82, 2.24) is 25.0 Å². The number of hydrogen-bond acceptors (Lipinski definition) is 5. The molecule has 0 unspecified atom stereocenters. The number of rotatable bonds is 6. The molecule has 6 nitrogen and oxygen atoms in total. The summed E-state index contributed by atoms with van der Waals surface area (Å²) in [5.41, 5.74) is 11.1. The molecule has 0 fully saturated rings. The molecule has 0 radical (unpaired) electrons. The molecule has 0 N–H and O–H groups in total. The fraction of sp³-hybridized carbons (Fsp3) is 0.200. The Morgan fingerprint density at radius 2 is 1.20 bits per heavy atom. The Labute approximate surface area is 299 Å². The minimum absolute atomic E-state index is 0.0337. The second-order valence-corrected chi connectivity index (χ2v) is 15.3.